The summed E-state index contributed by atoms with van der Waals surface area (Å²) in [6.07, 6.45) is 11.2. The van der Waals surface area contributed by atoms with E-state index in [0.29, 0.717) is 0 Å². The SMILES string of the molecule is CCCN1CCC(O)(CCC2CCCC2)CC1. The summed E-state index contributed by atoms with van der Waals surface area (Å²) in [7, 11) is 0. The van der Waals surface area contributed by atoms with Crippen molar-refractivity contribution in [2.24, 2.45) is 5.92 Å². The van der Waals surface area contributed by atoms with E-state index in [1.165, 1.54) is 45.1 Å². The van der Waals surface area contributed by atoms with Crippen molar-refractivity contribution in [3.8, 4) is 0 Å². The summed E-state index contributed by atoms with van der Waals surface area (Å²) in [6, 6.07) is 0. The standard InChI is InChI=1S/C15H29NO/c1-2-11-16-12-9-15(17,10-13-16)8-7-14-5-3-4-6-14/h14,17H,2-13H2,1H3. The largest absolute Gasteiger partial charge is 0.390 e. The summed E-state index contributed by atoms with van der Waals surface area (Å²) in [6.45, 7) is 5.66. The van der Waals surface area contributed by atoms with Gasteiger partial charge in [0, 0.05) is 13.1 Å². The smallest absolute Gasteiger partial charge is 0.0672 e. The van der Waals surface area contributed by atoms with E-state index in [2.05, 4.69) is 11.8 Å². The van der Waals surface area contributed by atoms with Crippen LogP contribution in [0.15, 0.2) is 0 Å². The van der Waals surface area contributed by atoms with Gasteiger partial charge in [-0.05, 0) is 44.6 Å². The maximum absolute atomic E-state index is 10.6. The van der Waals surface area contributed by atoms with Crippen molar-refractivity contribution >= 4 is 0 Å². The Kier molecular flexibility index (Phi) is 4.87. The third-order valence-electron chi connectivity index (χ3n) is 4.82. The molecule has 2 aliphatic rings. The van der Waals surface area contributed by atoms with Gasteiger partial charge >= 0.3 is 0 Å². The molecule has 1 aliphatic carbocycles. The van der Waals surface area contributed by atoms with Crippen LogP contribution in [-0.2, 0) is 0 Å². The number of likely N-dealkylation sites (tertiary alicyclic amines) is 1. The van der Waals surface area contributed by atoms with Crippen LogP contribution in [0, 0.1) is 5.92 Å². The topological polar surface area (TPSA) is 23.5 Å². The molecule has 2 fully saturated rings. The van der Waals surface area contributed by atoms with Crippen LogP contribution in [0.25, 0.3) is 0 Å². The van der Waals surface area contributed by atoms with E-state index in [-0.39, 0.29) is 5.60 Å². The Bertz CT molecular complexity index is 215. The fourth-order valence-electron chi connectivity index (χ4n) is 3.53. The van der Waals surface area contributed by atoms with Crippen LogP contribution in [0.4, 0.5) is 0 Å². The highest BCUT2D eigenvalue weighted by Crippen LogP contribution is 2.34. The highest BCUT2D eigenvalue weighted by Gasteiger charge is 2.32. The van der Waals surface area contributed by atoms with E-state index < -0.39 is 0 Å². The number of aliphatic hydroxyl groups is 1. The lowest BCUT2D eigenvalue weighted by atomic mass is 9.84. The molecular weight excluding hydrogens is 210 g/mol. The Labute approximate surface area is 106 Å². The molecule has 1 aliphatic heterocycles. The van der Waals surface area contributed by atoms with Gasteiger partial charge in [0.25, 0.3) is 0 Å². The van der Waals surface area contributed by atoms with Gasteiger partial charge in [-0.2, -0.15) is 0 Å². The molecule has 0 aromatic rings. The number of piperidine rings is 1. The van der Waals surface area contributed by atoms with Crippen molar-refractivity contribution in [2.75, 3.05) is 19.6 Å². The van der Waals surface area contributed by atoms with Gasteiger partial charge in [0.15, 0.2) is 0 Å². The Morgan fingerprint density at radius 3 is 2.41 bits per heavy atom. The van der Waals surface area contributed by atoms with Crippen molar-refractivity contribution < 1.29 is 5.11 Å². The molecule has 0 atom stereocenters. The lowest BCUT2D eigenvalue weighted by Gasteiger charge is -2.38. The average molecular weight is 239 g/mol. The second-order valence-corrected chi connectivity index (χ2v) is 6.26. The second-order valence-electron chi connectivity index (χ2n) is 6.26. The van der Waals surface area contributed by atoms with Crippen molar-refractivity contribution in [3.63, 3.8) is 0 Å². The van der Waals surface area contributed by atoms with Crippen LogP contribution >= 0.6 is 0 Å². The van der Waals surface area contributed by atoms with Crippen molar-refractivity contribution in [3.05, 3.63) is 0 Å². The predicted octanol–water partition coefficient (Wildman–Crippen LogP) is 3.19. The van der Waals surface area contributed by atoms with Gasteiger partial charge < -0.3 is 10.0 Å². The van der Waals surface area contributed by atoms with Crippen molar-refractivity contribution in [1.29, 1.82) is 0 Å². The highest BCUT2D eigenvalue weighted by molar-refractivity contribution is 4.86. The first-order chi connectivity index (χ1) is 8.22. The van der Waals surface area contributed by atoms with Crippen LogP contribution < -0.4 is 0 Å². The molecule has 1 N–H and O–H groups in total. The number of hydrogen-bond donors (Lipinski definition) is 1. The average Bonchev–Trinajstić information content (AvgIpc) is 2.84. The fraction of sp³-hybridized carbons (Fsp3) is 1.00. The quantitative estimate of drug-likeness (QED) is 0.796. The number of nitrogens with zero attached hydrogens (tertiary/aromatic N) is 1. The molecule has 17 heavy (non-hydrogen) atoms. The number of rotatable bonds is 5. The maximum Gasteiger partial charge on any atom is 0.0672 e. The van der Waals surface area contributed by atoms with E-state index in [1.54, 1.807) is 0 Å². The maximum atomic E-state index is 10.6. The molecule has 0 bridgehead atoms. The molecule has 2 nitrogen and oxygen atoms in total. The Morgan fingerprint density at radius 2 is 1.82 bits per heavy atom. The van der Waals surface area contributed by atoms with Crippen LogP contribution in [0.5, 0.6) is 0 Å². The summed E-state index contributed by atoms with van der Waals surface area (Å²) in [5.41, 5.74) is -0.327. The Morgan fingerprint density at radius 1 is 1.18 bits per heavy atom. The van der Waals surface area contributed by atoms with Crippen molar-refractivity contribution in [2.45, 2.75) is 70.3 Å². The molecule has 0 aromatic carbocycles. The molecular formula is C15H29NO. The molecule has 0 aromatic heterocycles. The summed E-state index contributed by atoms with van der Waals surface area (Å²) >= 11 is 0. The van der Waals surface area contributed by atoms with Gasteiger partial charge in [-0.15, -0.1) is 0 Å². The monoisotopic (exact) mass is 239 g/mol. The molecule has 2 heteroatoms. The first-order valence-electron chi connectivity index (χ1n) is 7.66. The molecule has 0 amide bonds. The minimum absolute atomic E-state index is 0.327. The Balaban J connectivity index is 1.69. The van der Waals surface area contributed by atoms with E-state index in [4.69, 9.17) is 0 Å². The minimum atomic E-state index is -0.327. The molecule has 0 spiro atoms. The van der Waals surface area contributed by atoms with Crippen LogP contribution in [0.2, 0.25) is 0 Å². The minimum Gasteiger partial charge on any atom is -0.390 e. The first kappa shape index (κ1) is 13.4. The van der Waals surface area contributed by atoms with Gasteiger partial charge in [0.2, 0.25) is 0 Å². The predicted molar refractivity (Wildman–Crippen MR) is 72.1 cm³/mol. The summed E-state index contributed by atoms with van der Waals surface area (Å²) < 4.78 is 0. The molecule has 1 saturated heterocycles. The van der Waals surface area contributed by atoms with Gasteiger partial charge in [-0.3, -0.25) is 0 Å². The number of hydrogen-bond acceptors (Lipinski definition) is 2. The zero-order valence-corrected chi connectivity index (χ0v) is 11.5. The summed E-state index contributed by atoms with van der Waals surface area (Å²) in [5.74, 6) is 0.924. The Hall–Kier alpha value is -0.0800. The van der Waals surface area contributed by atoms with E-state index in [1.807, 2.05) is 0 Å². The zero-order chi connectivity index (χ0) is 12.1. The lowest BCUT2D eigenvalue weighted by molar-refractivity contribution is -0.0314. The zero-order valence-electron chi connectivity index (χ0n) is 11.5. The van der Waals surface area contributed by atoms with Crippen LogP contribution in [0.3, 0.4) is 0 Å². The molecule has 0 radical (unpaired) electrons. The summed E-state index contributed by atoms with van der Waals surface area (Å²) in [4.78, 5) is 2.50. The van der Waals surface area contributed by atoms with E-state index in [0.717, 1.165) is 38.3 Å². The molecule has 1 saturated carbocycles. The third-order valence-corrected chi connectivity index (χ3v) is 4.82. The highest BCUT2D eigenvalue weighted by atomic mass is 16.3. The molecule has 0 unspecified atom stereocenters. The normalized spacial score (nSPS) is 26.5. The van der Waals surface area contributed by atoms with E-state index in [9.17, 15) is 5.11 Å². The van der Waals surface area contributed by atoms with Crippen molar-refractivity contribution in [1.82, 2.24) is 4.90 Å². The van der Waals surface area contributed by atoms with E-state index >= 15 is 0 Å². The van der Waals surface area contributed by atoms with Gasteiger partial charge in [-0.1, -0.05) is 32.6 Å². The fourth-order valence-corrected chi connectivity index (χ4v) is 3.53. The molecule has 2 rings (SSSR count). The lowest BCUT2D eigenvalue weighted by Crippen LogP contribution is -2.44. The second kappa shape index (κ2) is 6.19. The van der Waals surface area contributed by atoms with Gasteiger partial charge in [-0.25, -0.2) is 0 Å². The third kappa shape index (κ3) is 3.96. The van der Waals surface area contributed by atoms with Crippen LogP contribution in [-0.4, -0.2) is 35.2 Å². The van der Waals surface area contributed by atoms with Crippen LogP contribution in [0.1, 0.15) is 64.7 Å². The van der Waals surface area contributed by atoms with Gasteiger partial charge in [0.1, 0.15) is 0 Å². The first-order valence-corrected chi connectivity index (χ1v) is 7.66. The summed E-state index contributed by atoms with van der Waals surface area (Å²) in [5, 5.41) is 10.6. The molecule has 100 valence electrons. The van der Waals surface area contributed by atoms with Gasteiger partial charge in [0.05, 0.1) is 5.60 Å². The molecule has 1 heterocycles.